The molecule has 12 heavy (non-hydrogen) atoms. The van der Waals surface area contributed by atoms with E-state index in [0.29, 0.717) is 5.88 Å². The number of fused-ring (bicyclic) bond motifs is 1. The quantitative estimate of drug-likeness (QED) is 0.707. The number of para-hydroxylation sites is 1. The molecule has 0 unspecified atom stereocenters. The third kappa shape index (κ3) is 1.18. The number of aryl methyl sites for hydroxylation is 1. The van der Waals surface area contributed by atoms with Gasteiger partial charge in [0.25, 0.3) is 0 Å². The van der Waals surface area contributed by atoms with E-state index in [0.717, 1.165) is 17.3 Å². The Morgan fingerprint density at radius 2 is 2.33 bits per heavy atom. The molecule has 0 fully saturated rings. The lowest BCUT2D eigenvalue weighted by atomic mass is 10.1. The first-order chi connectivity index (χ1) is 5.92. The molecule has 0 bridgehead atoms. The van der Waals surface area contributed by atoms with E-state index >= 15 is 0 Å². The summed E-state index contributed by atoms with van der Waals surface area (Å²) in [6.45, 7) is 0. The number of benzene rings is 1. The molecule has 1 N–H and O–H groups in total. The smallest absolute Gasteiger partial charge is 0.0682 e. The highest BCUT2D eigenvalue weighted by Crippen LogP contribution is 2.15. The summed E-state index contributed by atoms with van der Waals surface area (Å²) in [7, 11) is 0. The fourth-order valence-electron chi connectivity index (χ4n) is 1.34. The lowest BCUT2D eigenvalue weighted by Crippen LogP contribution is -1.87. The van der Waals surface area contributed by atoms with Crippen molar-refractivity contribution in [2.24, 2.45) is 0 Å². The summed E-state index contributed by atoms with van der Waals surface area (Å²) < 4.78 is 0. The Labute approximate surface area is 75.5 Å². The SMILES string of the molecule is ClCCc1cccc2cn[nH]c12. The molecule has 0 atom stereocenters. The molecule has 0 saturated heterocycles. The molecule has 0 aliphatic rings. The molecule has 0 saturated carbocycles. The van der Waals surface area contributed by atoms with Crippen LogP contribution in [0, 0.1) is 0 Å². The lowest BCUT2D eigenvalue weighted by molar-refractivity contribution is 1.09. The summed E-state index contributed by atoms with van der Waals surface area (Å²) in [4.78, 5) is 0. The third-order valence-electron chi connectivity index (χ3n) is 1.93. The van der Waals surface area contributed by atoms with Crippen LogP contribution in [0.2, 0.25) is 0 Å². The highest BCUT2D eigenvalue weighted by atomic mass is 35.5. The van der Waals surface area contributed by atoms with E-state index < -0.39 is 0 Å². The zero-order valence-electron chi connectivity index (χ0n) is 6.55. The van der Waals surface area contributed by atoms with Gasteiger partial charge in [0.05, 0.1) is 11.7 Å². The van der Waals surface area contributed by atoms with Gasteiger partial charge in [0.15, 0.2) is 0 Å². The van der Waals surface area contributed by atoms with Gasteiger partial charge in [0, 0.05) is 11.3 Å². The van der Waals surface area contributed by atoms with Gasteiger partial charge < -0.3 is 0 Å². The number of nitrogens with one attached hydrogen (secondary N) is 1. The van der Waals surface area contributed by atoms with Crippen LogP contribution in [0.5, 0.6) is 0 Å². The van der Waals surface area contributed by atoms with Gasteiger partial charge in [0.2, 0.25) is 0 Å². The van der Waals surface area contributed by atoms with E-state index in [4.69, 9.17) is 11.6 Å². The van der Waals surface area contributed by atoms with E-state index in [9.17, 15) is 0 Å². The van der Waals surface area contributed by atoms with Crippen molar-refractivity contribution < 1.29 is 0 Å². The third-order valence-corrected chi connectivity index (χ3v) is 2.12. The van der Waals surface area contributed by atoms with Gasteiger partial charge in [-0.3, -0.25) is 5.10 Å². The molecule has 2 rings (SSSR count). The molecule has 0 radical (unpaired) electrons. The normalized spacial score (nSPS) is 10.8. The van der Waals surface area contributed by atoms with Crippen molar-refractivity contribution >= 4 is 22.5 Å². The second kappa shape index (κ2) is 3.15. The van der Waals surface area contributed by atoms with Crippen LogP contribution in [0.25, 0.3) is 10.9 Å². The summed E-state index contributed by atoms with van der Waals surface area (Å²) >= 11 is 5.67. The van der Waals surface area contributed by atoms with Crippen molar-refractivity contribution in [3.63, 3.8) is 0 Å². The Balaban J connectivity index is 2.57. The van der Waals surface area contributed by atoms with Crippen LogP contribution in [0.1, 0.15) is 5.56 Å². The molecular formula is C9H9ClN2. The van der Waals surface area contributed by atoms with Crippen LogP contribution in [-0.4, -0.2) is 16.1 Å². The molecule has 2 nitrogen and oxygen atoms in total. The standard InChI is InChI=1S/C9H9ClN2/c10-5-4-7-2-1-3-8-6-11-12-9(7)8/h1-3,6H,4-5H2,(H,11,12). The van der Waals surface area contributed by atoms with Crippen LogP contribution >= 0.6 is 11.6 Å². The van der Waals surface area contributed by atoms with Crippen LogP contribution in [0.15, 0.2) is 24.4 Å². The Morgan fingerprint density at radius 3 is 3.17 bits per heavy atom. The zero-order valence-corrected chi connectivity index (χ0v) is 7.30. The fourth-order valence-corrected chi connectivity index (χ4v) is 1.54. The molecule has 0 aliphatic heterocycles. The number of aromatic nitrogens is 2. The van der Waals surface area contributed by atoms with Gasteiger partial charge in [-0.25, -0.2) is 0 Å². The van der Waals surface area contributed by atoms with Gasteiger partial charge in [-0.1, -0.05) is 18.2 Å². The monoisotopic (exact) mass is 180 g/mol. The van der Waals surface area contributed by atoms with E-state index in [2.05, 4.69) is 16.3 Å². The molecule has 2 aromatic rings. The first-order valence-electron chi connectivity index (χ1n) is 3.89. The minimum Gasteiger partial charge on any atom is -0.278 e. The summed E-state index contributed by atoms with van der Waals surface area (Å²) in [6, 6.07) is 6.14. The number of hydrogen-bond acceptors (Lipinski definition) is 1. The molecule has 62 valence electrons. The zero-order chi connectivity index (χ0) is 8.39. The van der Waals surface area contributed by atoms with Crippen molar-refractivity contribution in [3.8, 4) is 0 Å². The number of alkyl halides is 1. The molecule has 0 amide bonds. The number of rotatable bonds is 2. The van der Waals surface area contributed by atoms with Gasteiger partial charge in [-0.05, 0) is 12.0 Å². The maximum absolute atomic E-state index is 5.67. The maximum Gasteiger partial charge on any atom is 0.0682 e. The Morgan fingerprint density at radius 1 is 1.42 bits per heavy atom. The van der Waals surface area contributed by atoms with Gasteiger partial charge >= 0.3 is 0 Å². The topological polar surface area (TPSA) is 28.7 Å². The average Bonchev–Trinajstić information content (AvgIpc) is 2.53. The van der Waals surface area contributed by atoms with E-state index in [1.54, 1.807) is 0 Å². The maximum atomic E-state index is 5.67. The fraction of sp³-hybridized carbons (Fsp3) is 0.222. The predicted molar refractivity (Wildman–Crippen MR) is 50.5 cm³/mol. The highest BCUT2D eigenvalue weighted by Gasteiger charge is 2.00. The van der Waals surface area contributed by atoms with Crippen LogP contribution < -0.4 is 0 Å². The molecule has 0 aliphatic carbocycles. The number of H-pyrrole nitrogens is 1. The second-order valence-electron chi connectivity index (χ2n) is 2.69. The summed E-state index contributed by atoms with van der Waals surface area (Å²) in [6.07, 6.45) is 2.72. The van der Waals surface area contributed by atoms with E-state index in [1.807, 2.05) is 18.3 Å². The minimum atomic E-state index is 0.651. The number of aromatic amines is 1. The molecule has 1 heterocycles. The highest BCUT2D eigenvalue weighted by molar-refractivity contribution is 6.18. The lowest BCUT2D eigenvalue weighted by Gasteiger charge is -1.97. The average molecular weight is 181 g/mol. The molecule has 3 heteroatoms. The summed E-state index contributed by atoms with van der Waals surface area (Å²) in [5.74, 6) is 0.651. The summed E-state index contributed by atoms with van der Waals surface area (Å²) in [5.41, 5.74) is 2.35. The van der Waals surface area contributed by atoms with Crippen molar-refractivity contribution in [2.75, 3.05) is 5.88 Å². The van der Waals surface area contributed by atoms with Gasteiger partial charge in [-0.15, -0.1) is 11.6 Å². The van der Waals surface area contributed by atoms with Crippen molar-refractivity contribution in [1.82, 2.24) is 10.2 Å². The van der Waals surface area contributed by atoms with E-state index in [1.165, 1.54) is 5.56 Å². The van der Waals surface area contributed by atoms with Crippen LogP contribution in [0.3, 0.4) is 0 Å². The first-order valence-corrected chi connectivity index (χ1v) is 4.42. The van der Waals surface area contributed by atoms with Crippen LogP contribution in [0.4, 0.5) is 0 Å². The van der Waals surface area contributed by atoms with Crippen molar-refractivity contribution in [1.29, 1.82) is 0 Å². The number of halogens is 1. The number of hydrogen-bond donors (Lipinski definition) is 1. The summed E-state index contributed by atoms with van der Waals surface area (Å²) in [5, 5.41) is 8.09. The Kier molecular flexibility index (Phi) is 2.00. The minimum absolute atomic E-state index is 0.651. The second-order valence-corrected chi connectivity index (χ2v) is 3.07. The molecule has 0 spiro atoms. The van der Waals surface area contributed by atoms with Crippen molar-refractivity contribution in [2.45, 2.75) is 6.42 Å². The Hall–Kier alpha value is -1.02. The largest absolute Gasteiger partial charge is 0.278 e. The van der Waals surface area contributed by atoms with Crippen molar-refractivity contribution in [3.05, 3.63) is 30.0 Å². The Bertz CT molecular complexity index is 381. The number of nitrogens with zero attached hydrogens (tertiary/aromatic N) is 1. The predicted octanol–water partition coefficient (Wildman–Crippen LogP) is 2.34. The van der Waals surface area contributed by atoms with Crippen LogP contribution in [-0.2, 0) is 6.42 Å². The molecular weight excluding hydrogens is 172 g/mol. The van der Waals surface area contributed by atoms with Gasteiger partial charge in [-0.2, -0.15) is 5.10 Å². The molecule has 1 aromatic heterocycles. The van der Waals surface area contributed by atoms with Gasteiger partial charge in [0.1, 0.15) is 0 Å². The first kappa shape index (κ1) is 7.62. The van der Waals surface area contributed by atoms with E-state index in [-0.39, 0.29) is 0 Å². The molecule has 1 aromatic carbocycles.